The largest absolute Gasteiger partial charge is 0.480 e. The second-order valence-electron chi connectivity index (χ2n) is 8.20. The van der Waals surface area contributed by atoms with Gasteiger partial charge >= 0.3 is 5.97 Å². The molecule has 0 aliphatic carbocycles. The number of carbonyl (C=O) groups is 2. The van der Waals surface area contributed by atoms with Crippen molar-refractivity contribution in [3.8, 4) is 11.1 Å². The number of aliphatic carboxylic acids is 1. The maximum absolute atomic E-state index is 12.9. The van der Waals surface area contributed by atoms with Gasteiger partial charge in [-0.3, -0.25) is 10.6 Å². The van der Waals surface area contributed by atoms with Gasteiger partial charge in [0.05, 0.1) is 6.17 Å². The number of carbonyl (C=O) groups excluding carboxylic acids is 1. The number of hydrogen-bond donors (Lipinski definition) is 5. The Kier molecular flexibility index (Phi) is 9.80. The normalized spacial score (nSPS) is 13.1. The minimum absolute atomic E-state index is 0.131. The van der Waals surface area contributed by atoms with Gasteiger partial charge in [0.15, 0.2) is 0 Å². The van der Waals surface area contributed by atoms with Crippen LogP contribution in [0.3, 0.4) is 0 Å². The van der Waals surface area contributed by atoms with Crippen LogP contribution in [0.25, 0.3) is 11.1 Å². The number of hydrogen-bond acceptors (Lipinski definition) is 6. The molecule has 0 aliphatic rings. The summed E-state index contributed by atoms with van der Waals surface area (Å²) in [6.07, 6.45) is 1.47. The molecule has 1 amide bonds. The van der Waals surface area contributed by atoms with Gasteiger partial charge in [-0.25, -0.2) is 10.2 Å². The quantitative estimate of drug-likeness (QED) is 0.194. The summed E-state index contributed by atoms with van der Waals surface area (Å²) in [5, 5.41) is 9.76. The Bertz CT molecular complexity index is 885. The van der Waals surface area contributed by atoms with Crippen LogP contribution in [-0.4, -0.2) is 27.9 Å². The number of rotatable bonds is 12. The summed E-state index contributed by atoms with van der Waals surface area (Å²) < 4.78 is 0. The summed E-state index contributed by atoms with van der Waals surface area (Å²) in [4.78, 5) is 26.3. The summed E-state index contributed by atoms with van der Waals surface area (Å²) in [7, 11) is 0. The lowest BCUT2D eigenvalue weighted by Crippen LogP contribution is -2.47. The van der Waals surface area contributed by atoms with Gasteiger partial charge in [0.2, 0.25) is 5.91 Å². The first-order chi connectivity index (χ1) is 15.3. The molecule has 8 nitrogen and oxygen atoms in total. The molecule has 2 atom stereocenters. The molecule has 0 radical (unpaired) electrons. The van der Waals surface area contributed by atoms with Crippen LogP contribution < -0.4 is 22.5 Å². The van der Waals surface area contributed by atoms with Crippen LogP contribution in [0.2, 0.25) is 0 Å². The van der Waals surface area contributed by atoms with Crippen molar-refractivity contribution in [3.05, 3.63) is 59.7 Å². The van der Waals surface area contributed by atoms with Crippen LogP contribution in [0.15, 0.2) is 48.5 Å². The van der Waals surface area contributed by atoms with Gasteiger partial charge in [-0.1, -0.05) is 75.7 Å². The fourth-order valence-corrected chi connectivity index (χ4v) is 3.78. The Balaban J connectivity index is 2.30. The van der Waals surface area contributed by atoms with Gasteiger partial charge in [-0.05, 0) is 34.6 Å². The van der Waals surface area contributed by atoms with Crippen LogP contribution >= 0.6 is 0 Å². The Morgan fingerprint density at radius 1 is 1.09 bits per heavy atom. The number of amides is 1. The molecule has 0 saturated heterocycles. The maximum atomic E-state index is 12.9. The van der Waals surface area contributed by atoms with E-state index in [1.165, 1.54) is 4.90 Å². The summed E-state index contributed by atoms with van der Waals surface area (Å²) in [5.74, 6) is 4.02. The molecule has 7 N–H and O–H groups in total. The zero-order valence-electron chi connectivity index (χ0n) is 19.0. The predicted octanol–water partition coefficient (Wildman–Crippen LogP) is 2.91. The lowest BCUT2D eigenvalue weighted by Gasteiger charge is -2.32. The molecule has 0 aliphatic heterocycles. The smallest absolute Gasteiger partial charge is 0.326 e. The van der Waals surface area contributed by atoms with E-state index in [1.807, 2.05) is 69.3 Å². The second kappa shape index (κ2) is 12.3. The molecule has 2 rings (SSSR count). The molecule has 0 spiro atoms. The molecule has 0 aromatic heterocycles. The molecular formula is C24H35N5O3. The minimum atomic E-state index is -0.981. The van der Waals surface area contributed by atoms with E-state index in [0.29, 0.717) is 6.42 Å². The molecule has 0 bridgehead atoms. The zero-order valence-corrected chi connectivity index (χ0v) is 19.0. The van der Waals surface area contributed by atoms with Crippen molar-refractivity contribution in [2.24, 2.45) is 17.5 Å². The standard InChI is InChI=1S/C24H35N5O3/c1-4-5-10-21(30)29(22(16(2)3)24(31)32)15-17-11-13-18(14-12-17)19-8-6-7-9-20(19)23(25)27-28-26/h6-9,11-14,16,22-23,27-28H,4-5,10,15,25-26H2,1-3H3,(H,31,32). The van der Waals surface area contributed by atoms with E-state index >= 15 is 0 Å². The molecule has 2 unspecified atom stereocenters. The lowest BCUT2D eigenvalue weighted by molar-refractivity contribution is -0.153. The number of carboxylic acids is 1. The Hall–Kier alpha value is -2.78. The zero-order chi connectivity index (χ0) is 23.7. The number of carboxylic acid groups (broad SMARTS) is 1. The average Bonchev–Trinajstić information content (AvgIpc) is 2.77. The number of nitrogens with one attached hydrogen (secondary N) is 2. The molecule has 174 valence electrons. The Labute approximate surface area is 189 Å². The number of hydrazine groups is 2. The third-order valence-electron chi connectivity index (χ3n) is 5.44. The highest BCUT2D eigenvalue weighted by Crippen LogP contribution is 2.27. The monoisotopic (exact) mass is 441 g/mol. The van der Waals surface area contributed by atoms with Crippen molar-refractivity contribution in [1.82, 2.24) is 15.9 Å². The Morgan fingerprint density at radius 3 is 2.31 bits per heavy atom. The van der Waals surface area contributed by atoms with Gasteiger partial charge in [-0.2, -0.15) is 5.53 Å². The second-order valence-corrected chi connectivity index (χ2v) is 8.20. The van der Waals surface area contributed by atoms with E-state index in [9.17, 15) is 14.7 Å². The highest BCUT2D eigenvalue weighted by molar-refractivity contribution is 5.84. The molecule has 2 aromatic carbocycles. The predicted molar refractivity (Wildman–Crippen MR) is 126 cm³/mol. The van der Waals surface area contributed by atoms with Gasteiger partial charge in [0.1, 0.15) is 6.04 Å². The van der Waals surface area contributed by atoms with Crippen molar-refractivity contribution < 1.29 is 14.7 Å². The van der Waals surface area contributed by atoms with E-state index < -0.39 is 18.2 Å². The van der Waals surface area contributed by atoms with Crippen molar-refractivity contribution in [2.45, 2.75) is 58.8 Å². The van der Waals surface area contributed by atoms with Crippen molar-refractivity contribution in [3.63, 3.8) is 0 Å². The van der Waals surface area contributed by atoms with Crippen LogP contribution in [0.5, 0.6) is 0 Å². The van der Waals surface area contributed by atoms with Gasteiger partial charge in [0, 0.05) is 13.0 Å². The van der Waals surface area contributed by atoms with E-state index in [0.717, 1.165) is 35.1 Å². The summed E-state index contributed by atoms with van der Waals surface area (Å²) >= 11 is 0. The highest BCUT2D eigenvalue weighted by Gasteiger charge is 2.32. The SMILES string of the molecule is CCCCC(=O)N(Cc1ccc(-c2ccccc2C(N)NNN)cc1)C(C(=O)O)C(C)C. The summed E-state index contributed by atoms with van der Waals surface area (Å²) in [6, 6.07) is 14.6. The number of unbranched alkanes of at least 4 members (excludes halogenated alkanes) is 1. The number of nitrogens with zero attached hydrogens (tertiary/aromatic N) is 1. The first-order valence-electron chi connectivity index (χ1n) is 11.0. The van der Waals surface area contributed by atoms with Crippen molar-refractivity contribution in [2.75, 3.05) is 0 Å². The molecule has 0 heterocycles. The van der Waals surface area contributed by atoms with Crippen LogP contribution in [-0.2, 0) is 16.1 Å². The van der Waals surface area contributed by atoms with E-state index in [-0.39, 0.29) is 18.4 Å². The van der Waals surface area contributed by atoms with Crippen LogP contribution in [0, 0.1) is 5.92 Å². The van der Waals surface area contributed by atoms with E-state index in [4.69, 9.17) is 11.6 Å². The average molecular weight is 442 g/mol. The molecule has 32 heavy (non-hydrogen) atoms. The van der Waals surface area contributed by atoms with Crippen LogP contribution in [0.1, 0.15) is 57.3 Å². The first-order valence-corrected chi connectivity index (χ1v) is 11.0. The van der Waals surface area contributed by atoms with Crippen molar-refractivity contribution >= 4 is 11.9 Å². The summed E-state index contributed by atoms with van der Waals surface area (Å²) in [6.45, 7) is 5.91. The molecule has 0 fully saturated rings. The number of nitrogens with two attached hydrogens (primary N) is 2. The lowest BCUT2D eigenvalue weighted by atomic mass is 9.96. The van der Waals surface area contributed by atoms with Crippen molar-refractivity contribution in [1.29, 1.82) is 0 Å². The van der Waals surface area contributed by atoms with E-state index in [1.54, 1.807) is 0 Å². The van der Waals surface area contributed by atoms with Gasteiger partial charge < -0.3 is 15.7 Å². The third kappa shape index (κ3) is 6.61. The van der Waals surface area contributed by atoms with Crippen LogP contribution in [0.4, 0.5) is 0 Å². The maximum Gasteiger partial charge on any atom is 0.326 e. The highest BCUT2D eigenvalue weighted by atomic mass is 16.4. The van der Waals surface area contributed by atoms with Gasteiger partial charge in [-0.15, -0.1) is 0 Å². The topological polar surface area (TPSA) is 134 Å². The molecule has 2 aromatic rings. The fourth-order valence-electron chi connectivity index (χ4n) is 3.78. The molecular weight excluding hydrogens is 406 g/mol. The fraction of sp³-hybridized carbons (Fsp3) is 0.417. The molecule has 0 saturated carbocycles. The third-order valence-corrected chi connectivity index (χ3v) is 5.44. The number of benzene rings is 2. The minimum Gasteiger partial charge on any atom is -0.480 e. The van der Waals surface area contributed by atoms with Gasteiger partial charge in [0.25, 0.3) is 0 Å². The molecule has 8 heteroatoms. The first kappa shape index (κ1) is 25.5. The Morgan fingerprint density at radius 2 is 1.75 bits per heavy atom. The van der Waals surface area contributed by atoms with E-state index in [2.05, 4.69) is 11.0 Å². The summed E-state index contributed by atoms with van der Waals surface area (Å²) in [5.41, 5.74) is 15.0.